The van der Waals surface area contributed by atoms with Gasteiger partial charge in [-0.2, -0.15) is 0 Å². The first-order valence-corrected chi connectivity index (χ1v) is 10.6. The van der Waals surface area contributed by atoms with E-state index in [1.165, 1.54) is 0 Å². The van der Waals surface area contributed by atoms with Gasteiger partial charge in [0.1, 0.15) is 12.2 Å². The van der Waals surface area contributed by atoms with Crippen LogP contribution in [0.3, 0.4) is 0 Å². The van der Waals surface area contributed by atoms with Crippen LogP contribution in [-0.4, -0.2) is 50.4 Å². The second kappa shape index (κ2) is 8.44. The molecule has 3 aromatic carbocycles. The highest BCUT2D eigenvalue weighted by atomic mass is 16.5. The summed E-state index contributed by atoms with van der Waals surface area (Å²) in [5.74, 6) is 1.02. The third-order valence-corrected chi connectivity index (χ3v) is 5.91. The number of aryl methyl sites for hydroxylation is 1. The number of rotatable bonds is 4. The summed E-state index contributed by atoms with van der Waals surface area (Å²) in [6, 6.07) is 19.9. The maximum absolute atomic E-state index is 10.5. The molecule has 0 spiro atoms. The van der Waals surface area contributed by atoms with Crippen LogP contribution in [0.1, 0.15) is 24.0 Å². The fraction of sp³-hybridized carbons (Fsp3) is 0.280. The normalized spacial score (nSPS) is 23.5. The minimum absolute atomic E-state index is 0.199. The first-order chi connectivity index (χ1) is 15.5. The molecule has 0 bridgehead atoms. The van der Waals surface area contributed by atoms with Crippen LogP contribution < -0.4 is 0 Å². The van der Waals surface area contributed by atoms with Crippen LogP contribution in [0.25, 0.3) is 33.4 Å². The van der Waals surface area contributed by atoms with E-state index in [1.54, 1.807) is 6.92 Å². The van der Waals surface area contributed by atoms with E-state index in [9.17, 15) is 15.3 Å². The van der Waals surface area contributed by atoms with Gasteiger partial charge in [0.2, 0.25) is 11.8 Å². The van der Waals surface area contributed by atoms with Crippen molar-refractivity contribution in [3.63, 3.8) is 0 Å². The lowest BCUT2D eigenvalue weighted by molar-refractivity contribution is -0.179. The number of hydrogen-bond donors (Lipinski definition) is 3. The van der Waals surface area contributed by atoms with Gasteiger partial charge in [-0.3, -0.25) is 0 Å². The predicted molar refractivity (Wildman–Crippen MR) is 119 cm³/mol. The average Bonchev–Trinajstić information content (AvgIpc) is 3.26. The first kappa shape index (κ1) is 20.8. The molecular weight excluding hydrogens is 408 g/mol. The van der Waals surface area contributed by atoms with Crippen LogP contribution in [0.15, 0.2) is 65.1 Å². The van der Waals surface area contributed by atoms with Crippen LogP contribution in [0.2, 0.25) is 0 Å². The fourth-order valence-corrected chi connectivity index (χ4v) is 4.21. The van der Waals surface area contributed by atoms with E-state index in [2.05, 4.69) is 16.3 Å². The molecule has 0 amide bonds. The molecule has 1 aliphatic rings. The van der Waals surface area contributed by atoms with Crippen molar-refractivity contribution < 1.29 is 24.5 Å². The number of aromatic nitrogens is 2. The van der Waals surface area contributed by atoms with Crippen molar-refractivity contribution in [3.8, 4) is 22.6 Å². The molecule has 1 aromatic heterocycles. The summed E-state index contributed by atoms with van der Waals surface area (Å²) in [4.78, 5) is 0. The van der Waals surface area contributed by atoms with Gasteiger partial charge in [0, 0.05) is 18.9 Å². The number of hydrogen-bond acceptors (Lipinski definition) is 7. The minimum atomic E-state index is -1.04. The Bertz CT molecular complexity index is 1250. The third-order valence-electron chi connectivity index (χ3n) is 5.91. The molecule has 4 atom stereocenters. The Morgan fingerprint density at radius 3 is 2.34 bits per heavy atom. The van der Waals surface area contributed by atoms with E-state index in [-0.39, 0.29) is 13.0 Å². The Labute approximate surface area is 184 Å². The standard InChI is InChI=1S/C25H24N2O5/c1-14-26-27-25(31-14)20-8-7-17-9-16(5-6-18(17)11-20)15-3-2-4-19(10-15)24-23(30)22(29)12-21(13-28)32-24/h2-11,21-24,28-30H,12-13H2,1H3/t21?,22?,23?,24-/m1/s1. The van der Waals surface area contributed by atoms with Gasteiger partial charge in [0.05, 0.1) is 18.8 Å². The van der Waals surface area contributed by atoms with Crippen LogP contribution >= 0.6 is 0 Å². The quantitative estimate of drug-likeness (QED) is 0.453. The Morgan fingerprint density at radius 2 is 1.62 bits per heavy atom. The molecular formula is C25H24N2O5. The van der Waals surface area contributed by atoms with E-state index in [0.29, 0.717) is 11.8 Å². The molecule has 1 aliphatic heterocycles. The highest BCUT2D eigenvalue weighted by Crippen LogP contribution is 2.35. The van der Waals surface area contributed by atoms with E-state index >= 15 is 0 Å². The summed E-state index contributed by atoms with van der Waals surface area (Å²) in [5, 5.41) is 40.2. The van der Waals surface area contributed by atoms with Crippen molar-refractivity contribution >= 4 is 10.8 Å². The number of benzene rings is 3. The summed E-state index contributed by atoms with van der Waals surface area (Å²) < 4.78 is 11.4. The van der Waals surface area contributed by atoms with Gasteiger partial charge in [-0.1, -0.05) is 36.4 Å². The van der Waals surface area contributed by atoms with Crippen molar-refractivity contribution in [2.75, 3.05) is 6.61 Å². The number of fused-ring (bicyclic) bond motifs is 1. The highest BCUT2D eigenvalue weighted by molar-refractivity contribution is 5.90. The lowest BCUT2D eigenvalue weighted by Crippen LogP contribution is -2.44. The van der Waals surface area contributed by atoms with Gasteiger partial charge in [-0.05, 0) is 51.7 Å². The van der Waals surface area contributed by atoms with Crippen LogP contribution in [-0.2, 0) is 4.74 Å². The monoisotopic (exact) mass is 432 g/mol. The molecule has 2 heterocycles. The summed E-state index contributed by atoms with van der Waals surface area (Å²) in [6.45, 7) is 1.57. The molecule has 4 aromatic rings. The molecule has 32 heavy (non-hydrogen) atoms. The Kier molecular flexibility index (Phi) is 5.48. The van der Waals surface area contributed by atoms with Gasteiger partial charge < -0.3 is 24.5 Å². The zero-order chi connectivity index (χ0) is 22.2. The molecule has 7 nitrogen and oxygen atoms in total. The third kappa shape index (κ3) is 3.91. The van der Waals surface area contributed by atoms with Crippen LogP contribution in [0, 0.1) is 6.92 Å². The molecule has 164 valence electrons. The maximum atomic E-state index is 10.5. The molecule has 0 aliphatic carbocycles. The smallest absolute Gasteiger partial charge is 0.247 e. The van der Waals surface area contributed by atoms with Crippen molar-refractivity contribution in [2.45, 2.75) is 37.8 Å². The SMILES string of the molecule is Cc1nnc(-c2ccc3cc(-c4cccc([C@H]5OC(CO)CC(O)C5O)c4)ccc3c2)o1. The lowest BCUT2D eigenvalue weighted by atomic mass is 9.91. The predicted octanol–water partition coefficient (Wildman–Crippen LogP) is 3.41. The molecule has 7 heteroatoms. The Morgan fingerprint density at radius 1 is 0.906 bits per heavy atom. The molecule has 3 unspecified atom stereocenters. The summed E-state index contributed by atoms with van der Waals surface area (Å²) >= 11 is 0. The molecule has 1 saturated heterocycles. The lowest BCUT2D eigenvalue weighted by Gasteiger charge is -2.37. The van der Waals surface area contributed by atoms with Crippen molar-refractivity contribution in [2.24, 2.45) is 0 Å². The molecule has 0 radical (unpaired) electrons. The van der Waals surface area contributed by atoms with E-state index in [4.69, 9.17) is 9.15 Å². The zero-order valence-corrected chi connectivity index (χ0v) is 17.5. The van der Waals surface area contributed by atoms with E-state index < -0.39 is 24.4 Å². The van der Waals surface area contributed by atoms with Crippen molar-refractivity contribution in [3.05, 3.63) is 72.1 Å². The van der Waals surface area contributed by atoms with E-state index in [1.807, 2.05) is 54.6 Å². The minimum Gasteiger partial charge on any atom is -0.421 e. The summed E-state index contributed by atoms with van der Waals surface area (Å²) in [7, 11) is 0. The molecule has 0 saturated carbocycles. The van der Waals surface area contributed by atoms with Crippen molar-refractivity contribution in [1.29, 1.82) is 0 Å². The first-order valence-electron chi connectivity index (χ1n) is 10.6. The second-order valence-corrected chi connectivity index (χ2v) is 8.18. The number of aliphatic hydroxyl groups excluding tert-OH is 3. The maximum Gasteiger partial charge on any atom is 0.247 e. The molecule has 3 N–H and O–H groups in total. The number of ether oxygens (including phenoxy) is 1. The topological polar surface area (TPSA) is 109 Å². The largest absolute Gasteiger partial charge is 0.421 e. The molecule has 1 fully saturated rings. The second-order valence-electron chi connectivity index (χ2n) is 8.18. The summed E-state index contributed by atoms with van der Waals surface area (Å²) in [6.07, 6.45) is -2.97. The van der Waals surface area contributed by atoms with Crippen LogP contribution in [0.4, 0.5) is 0 Å². The van der Waals surface area contributed by atoms with Gasteiger partial charge >= 0.3 is 0 Å². The van der Waals surface area contributed by atoms with Gasteiger partial charge in [0.25, 0.3) is 0 Å². The Hall–Kier alpha value is -3.10. The van der Waals surface area contributed by atoms with Gasteiger partial charge in [0.15, 0.2) is 0 Å². The van der Waals surface area contributed by atoms with E-state index in [0.717, 1.165) is 33.0 Å². The highest BCUT2D eigenvalue weighted by Gasteiger charge is 2.37. The van der Waals surface area contributed by atoms with Crippen LogP contribution in [0.5, 0.6) is 0 Å². The van der Waals surface area contributed by atoms with Gasteiger partial charge in [-0.15, -0.1) is 10.2 Å². The average molecular weight is 432 g/mol. The fourth-order valence-electron chi connectivity index (χ4n) is 4.21. The molecule has 5 rings (SSSR count). The van der Waals surface area contributed by atoms with Gasteiger partial charge in [-0.25, -0.2) is 0 Å². The number of nitrogens with zero attached hydrogens (tertiary/aromatic N) is 2. The van der Waals surface area contributed by atoms with Crippen molar-refractivity contribution in [1.82, 2.24) is 10.2 Å². The Balaban J connectivity index is 1.46. The summed E-state index contributed by atoms with van der Waals surface area (Å²) in [5.41, 5.74) is 3.62. The number of aliphatic hydroxyl groups is 3. The zero-order valence-electron chi connectivity index (χ0n) is 17.5.